The molecule has 1 unspecified atom stereocenters. The third-order valence-corrected chi connectivity index (χ3v) is 2.27. The Morgan fingerprint density at radius 3 is 2.53 bits per heavy atom. The molecule has 0 aromatic rings. The monoisotopic (exact) mass is 216 g/mol. The maximum atomic E-state index is 11.5. The van der Waals surface area contributed by atoms with E-state index in [4.69, 9.17) is 5.11 Å². The number of hydrogen-bond donors (Lipinski definition) is 2. The standard InChI is InChI=1S/C10H20N2O3/c1-4-6-11-10(15)8(2)12(3)7-5-9(13)14/h8H,4-7H2,1-3H3,(H,11,15)(H,13,14). The molecule has 15 heavy (non-hydrogen) atoms. The molecule has 0 radical (unpaired) electrons. The molecule has 1 amide bonds. The molecule has 0 aliphatic rings. The number of nitrogens with one attached hydrogen (secondary N) is 1. The van der Waals surface area contributed by atoms with Gasteiger partial charge in [-0.2, -0.15) is 0 Å². The van der Waals surface area contributed by atoms with Crippen LogP contribution in [0.15, 0.2) is 0 Å². The van der Waals surface area contributed by atoms with Crippen molar-refractivity contribution in [2.45, 2.75) is 32.7 Å². The Hall–Kier alpha value is -1.10. The minimum absolute atomic E-state index is 0.0512. The average Bonchev–Trinajstić information content (AvgIpc) is 2.21. The van der Waals surface area contributed by atoms with Crippen LogP contribution in [0.3, 0.4) is 0 Å². The molecular weight excluding hydrogens is 196 g/mol. The lowest BCUT2D eigenvalue weighted by molar-refractivity contribution is -0.138. The number of carbonyl (C=O) groups excluding carboxylic acids is 1. The molecule has 1 atom stereocenters. The Morgan fingerprint density at radius 1 is 1.47 bits per heavy atom. The van der Waals surface area contributed by atoms with Gasteiger partial charge < -0.3 is 10.4 Å². The molecule has 0 aromatic heterocycles. The van der Waals surface area contributed by atoms with Crippen LogP contribution >= 0.6 is 0 Å². The van der Waals surface area contributed by atoms with Gasteiger partial charge in [0.1, 0.15) is 0 Å². The van der Waals surface area contributed by atoms with Gasteiger partial charge in [-0.1, -0.05) is 6.92 Å². The molecule has 88 valence electrons. The summed E-state index contributed by atoms with van der Waals surface area (Å²) in [4.78, 5) is 23.6. The van der Waals surface area contributed by atoms with Gasteiger partial charge in [0.05, 0.1) is 12.5 Å². The zero-order chi connectivity index (χ0) is 11.8. The summed E-state index contributed by atoms with van der Waals surface area (Å²) in [5.41, 5.74) is 0. The highest BCUT2D eigenvalue weighted by Crippen LogP contribution is 1.97. The fraction of sp³-hybridized carbons (Fsp3) is 0.800. The maximum absolute atomic E-state index is 11.5. The molecule has 0 fully saturated rings. The summed E-state index contributed by atoms with van der Waals surface area (Å²) in [6.07, 6.45) is 0.958. The summed E-state index contributed by atoms with van der Waals surface area (Å²) in [7, 11) is 1.75. The number of hydrogen-bond acceptors (Lipinski definition) is 3. The molecular formula is C10H20N2O3. The third kappa shape index (κ3) is 6.06. The van der Waals surface area contributed by atoms with Crippen LogP contribution in [0.1, 0.15) is 26.7 Å². The first-order valence-corrected chi connectivity index (χ1v) is 5.18. The predicted molar refractivity (Wildman–Crippen MR) is 57.6 cm³/mol. The highest BCUT2D eigenvalue weighted by Gasteiger charge is 2.17. The molecule has 0 bridgehead atoms. The van der Waals surface area contributed by atoms with Crippen molar-refractivity contribution in [2.24, 2.45) is 0 Å². The quantitative estimate of drug-likeness (QED) is 0.642. The van der Waals surface area contributed by atoms with Crippen molar-refractivity contribution >= 4 is 11.9 Å². The predicted octanol–water partition coefficient (Wildman–Crippen LogP) is 0.308. The van der Waals surface area contributed by atoms with Crippen molar-refractivity contribution < 1.29 is 14.7 Å². The minimum Gasteiger partial charge on any atom is -0.481 e. The zero-order valence-corrected chi connectivity index (χ0v) is 9.62. The maximum Gasteiger partial charge on any atom is 0.304 e. The number of likely N-dealkylation sites (N-methyl/N-ethyl adjacent to an activating group) is 1. The van der Waals surface area contributed by atoms with Gasteiger partial charge in [0.25, 0.3) is 0 Å². The van der Waals surface area contributed by atoms with Crippen molar-refractivity contribution in [3.05, 3.63) is 0 Å². The SMILES string of the molecule is CCCNC(=O)C(C)N(C)CCC(=O)O. The van der Waals surface area contributed by atoms with E-state index in [-0.39, 0.29) is 18.4 Å². The van der Waals surface area contributed by atoms with Crippen LogP contribution in [-0.4, -0.2) is 48.1 Å². The van der Waals surface area contributed by atoms with Crippen LogP contribution in [0, 0.1) is 0 Å². The normalized spacial score (nSPS) is 12.5. The minimum atomic E-state index is -0.844. The largest absolute Gasteiger partial charge is 0.481 e. The van der Waals surface area contributed by atoms with E-state index in [1.165, 1.54) is 0 Å². The summed E-state index contributed by atoms with van der Waals surface area (Å²) in [6, 6.07) is -0.282. The molecule has 5 nitrogen and oxygen atoms in total. The van der Waals surface area contributed by atoms with E-state index < -0.39 is 5.97 Å². The van der Waals surface area contributed by atoms with Crippen LogP contribution in [0.2, 0.25) is 0 Å². The van der Waals surface area contributed by atoms with Crippen molar-refractivity contribution in [2.75, 3.05) is 20.1 Å². The lowest BCUT2D eigenvalue weighted by Crippen LogP contribution is -2.44. The van der Waals surface area contributed by atoms with Gasteiger partial charge in [-0.3, -0.25) is 14.5 Å². The van der Waals surface area contributed by atoms with E-state index in [9.17, 15) is 9.59 Å². The van der Waals surface area contributed by atoms with Crippen molar-refractivity contribution in [3.63, 3.8) is 0 Å². The second-order valence-corrected chi connectivity index (χ2v) is 3.59. The average molecular weight is 216 g/mol. The van der Waals surface area contributed by atoms with Gasteiger partial charge in [-0.15, -0.1) is 0 Å². The summed E-state index contributed by atoms with van der Waals surface area (Å²) >= 11 is 0. The third-order valence-electron chi connectivity index (χ3n) is 2.27. The number of amides is 1. The first kappa shape index (κ1) is 13.9. The first-order chi connectivity index (χ1) is 6.99. The van der Waals surface area contributed by atoms with E-state index in [0.29, 0.717) is 13.1 Å². The summed E-state index contributed by atoms with van der Waals surface area (Å²) < 4.78 is 0. The summed E-state index contributed by atoms with van der Waals surface area (Å²) in [5.74, 6) is -0.896. The van der Waals surface area contributed by atoms with Gasteiger partial charge >= 0.3 is 5.97 Å². The molecule has 0 aromatic carbocycles. The van der Waals surface area contributed by atoms with Crippen molar-refractivity contribution in [1.82, 2.24) is 10.2 Å². The number of nitrogens with zero attached hydrogens (tertiary/aromatic N) is 1. The molecule has 0 spiro atoms. The number of carboxylic acids is 1. The Labute approximate surface area is 90.5 Å². The smallest absolute Gasteiger partial charge is 0.304 e. The topological polar surface area (TPSA) is 69.6 Å². The molecule has 0 heterocycles. The molecule has 0 aliphatic heterocycles. The van der Waals surface area contributed by atoms with Gasteiger partial charge in [0, 0.05) is 13.1 Å². The first-order valence-electron chi connectivity index (χ1n) is 5.18. The molecule has 0 rings (SSSR count). The van der Waals surface area contributed by atoms with E-state index in [0.717, 1.165) is 6.42 Å². The van der Waals surface area contributed by atoms with Gasteiger partial charge in [-0.25, -0.2) is 0 Å². The molecule has 2 N–H and O–H groups in total. The Bertz CT molecular complexity index is 219. The van der Waals surface area contributed by atoms with E-state index in [1.54, 1.807) is 18.9 Å². The molecule has 0 saturated heterocycles. The summed E-state index contributed by atoms with van der Waals surface area (Å²) in [6.45, 7) is 4.80. The fourth-order valence-electron chi connectivity index (χ4n) is 1.06. The Morgan fingerprint density at radius 2 is 2.07 bits per heavy atom. The van der Waals surface area contributed by atoms with Crippen LogP contribution in [-0.2, 0) is 9.59 Å². The van der Waals surface area contributed by atoms with E-state index in [1.807, 2.05) is 6.92 Å². The number of aliphatic carboxylic acids is 1. The highest BCUT2D eigenvalue weighted by atomic mass is 16.4. The molecule has 0 aliphatic carbocycles. The second-order valence-electron chi connectivity index (χ2n) is 3.59. The fourth-order valence-corrected chi connectivity index (χ4v) is 1.06. The van der Waals surface area contributed by atoms with Crippen LogP contribution in [0.4, 0.5) is 0 Å². The van der Waals surface area contributed by atoms with E-state index >= 15 is 0 Å². The van der Waals surface area contributed by atoms with Gasteiger partial charge in [-0.05, 0) is 20.4 Å². The lowest BCUT2D eigenvalue weighted by atomic mass is 10.2. The van der Waals surface area contributed by atoms with Crippen LogP contribution < -0.4 is 5.32 Å². The Balaban J connectivity index is 3.90. The Kier molecular flexibility index (Phi) is 6.70. The lowest BCUT2D eigenvalue weighted by Gasteiger charge is -2.22. The van der Waals surface area contributed by atoms with Crippen LogP contribution in [0.5, 0.6) is 0 Å². The number of carbonyl (C=O) groups is 2. The highest BCUT2D eigenvalue weighted by molar-refractivity contribution is 5.81. The summed E-state index contributed by atoms with van der Waals surface area (Å²) in [5, 5.41) is 11.3. The number of carboxylic acid groups (broad SMARTS) is 1. The van der Waals surface area contributed by atoms with Gasteiger partial charge in [0.2, 0.25) is 5.91 Å². The molecule has 0 saturated carbocycles. The second kappa shape index (κ2) is 7.23. The molecule has 5 heteroatoms. The van der Waals surface area contributed by atoms with Crippen LogP contribution in [0.25, 0.3) is 0 Å². The number of rotatable bonds is 7. The van der Waals surface area contributed by atoms with Crippen molar-refractivity contribution in [3.8, 4) is 0 Å². The van der Waals surface area contributed by atoms with Gasteiger partial charge in [0.15, 0.2) is 0 Å². The zero-order valence-electron chi connectivity index (χ0n) is 9.62. The van der Waals surface area contributed by atoms with Crippen molar-refractivity contribution in [1.29, 1.82) is 0 Å². The van der Waals surface area contributed by atoms with E-state index in [2.05, 4.69) is 5.32 Å².